The number of aromatic hydroxyl groups is 1. The topological polar surface area (TPSA) is 70.8 Å². The Kier molecular flexibility index (Phi) is 5.00. The smallest absolute Gasteiger partial charge is 0.278 e. The highest BCUT2D eigenvalue weighted by Crippen LogP contribution is 2.23. The Morgan fingerprint density at radius 2 is 1.96 bits per heavy atom. The predicted molar refractivity (Wildman–Crippen MR) is 88.9 cm³/mol. The summed E-state index contributed by atoms with van der Waals surface area (Å²) in [6.07, 6.45) is 2.92. The zero-order valence-electron chi connectivity index (χ0n) is 14.2. The lowest BCUT2D eigenvalue weighted by Gasteiger charge is -2.35. The minimum Gasteiger partial charge on any atom is -0.504 e. The molecule has 1 N–H and O–H groups in total. The number of aromatic nitrogens is 2. The van der Waals surface area contributed by atoms with E-state index in [0.717, 1.165) is 25.9 Å². The van der Waals surface area contributed by atoms with Gasteiger partial charge >= 0.3 is 0 Å². The van der Waals surface area contributed by atoms with Crippen molar-refractivity contribution < 1.29 is 19.1 Å². The summed E-state index contributed by atoms with van der Waals surface area (Å²) in [4.78, 5) is 19.5. The zero-order valence-corrected chi connectivity index (χ0v) is 14.2. The summed E-state index contributed by atoms with van der Waals surface area (Å²) in [6, 6.07) is 5.71. The molecule has 1 aliphatic rings. The van der Waals surface area contributed by atoms with Gasteiger partial charge in [0.15, 0.2) is 11.4 Å². The highest BCUT2D eigenvalue weighted by Gasteiger charge is 2.29. The molecule has 1 amide bonds. The Labute approximate surface area is 145 Å². The number of benzene rings is 1. The molecule has 0 aliphatic carbocycles. The quantitative estimate of drug-likeness (QED) is 0.913. The van der Waals surface area contributed by atoms with Crippen molar-refractivity contribution in [1.29, 1.82) is 0 Å². The first-order valence-electron chi connectivity index (χ1n) is 8.10. The fraction of sp³-hybridized carbons (Fsp3) is 0.412. The molecule has 1 aromatic heterocycles. The molecule has 1 aliphatic heterocycles. The Bertz CT molecular complexity index is 739. The van der Waals surface area contributed by atoms with E-state index in [0.29, 0.717) is 5.69 Å². The molecule has 0 spiro atoms. The number of hydrogen-bond donors (Lipinski definition) is 1. The summed E-state index contributed by atoms with van der Waals surface area (Å²) < 4.78 is 14.4. The Morgan fingerprint density at radius 1 is 1.32 bits per heavy atom. The van der Waals surface area contributed by atoms with Gasteiger partial charge in [-0.3, -0.25) is 4.79 Å². The summed E-state index contributed by atoms with van der Waals surface area (Å²) in [5, 5.41) is 16.1. The third-order valence-corrected chi connectivity index (χ3v) is 4.54. The lowest BCUT2D eigenvalue weighted by atomic mass is 10.0. The van der Waals surface area contributed by atoms with Crippen LogP contribution in [0, 0.1) is 5.82 Å². The van der Waals surface area contributed by atoms with E-state index in [4.69, 9.17) is 4.84 Å². The van der Waals surface area contributed by atoms with Gasteiger partial charge in [-0.2, -0.15) is 10.2 Å². The van der Waals surface area contributed by atoms with Crippen molar-refractivity contribution in [2.45, 2.75) is 18.9 Å². The largest absolute Gasteiger partial charge is 0.504 e. The number of hydrogen-bond acceptors (Lipinski definition) is 5. The van der Waals surface area contributed by atoms with Gasteiger partial charge in [0.2, 0.25) is 0 Å². The lowest BCUT2D eigenvalue weighted by Crippen LogP contribution is -2.45. The molecular weight excluding hydrogens is 327 g/mol. The van der Waals surface area contributed by atoms with Gasteiger partial charge in [0.1, 0.15) is 5.82 Å². The van der Waals surface area contributed by atoms with Crippen LogP contribution in [-0.2, 0) is 4.84 Å². The number of nitrogens with zero attached hydrogens (tertiary/aromatic N) is 4. The van der Waals surface area contributed by atoms with Gasteiger partial charge in [-0.05, 0) is 37.1 Å². The van der Waals surface area contributed by atoms with Gasteiger partial charge in [-0.25, -0.2) is 9.07 Å². The van der Waals surface area contributed by atoms with Crippen LogP contribution in [0.5, 0.6) is 5.75 Å². The highest BCUT2D eigenvalue weighted by atomic mass is 19.1. The van der Waals surface area contributed by atoms with Crippen LogP contribution in [-0.4, -0.2) is 64.0 Å². The van der Waals surface area contributed by atoms with E-state index < -0.39 is 0 Å². The molecule has 1 fully saturated rings. The SMILES string of the molecule is CON1CCC(N(C)C(=O)c2nn(-c3ccc(F)cc3)cc2O)CC1. The van der Waals surface area contributed by atoms with Crippen LogP contribution in [0.1, 0.15) is 23.3 Å². The van der Waals surface area contributed by atoms with Gasteiger partial charge < -0.3 is 14.8 Å². The number of halogens is 1. The molecule has 0 atom stereocenters. The van der Waals surface area contributed by atoms with Crippen LogP contribution in [0.3, 0.4) is 0 Å². The highest BCUT2D eigenvalue weighted by molar-refractivity contribution is 5.94. The summed E-state index contributed by atoms with van der Waals surface area (Å²) in [5.41, 5.74) is 0.549. The molecule has 0 unspecified atom stereocenters. The number of carbonyl (C=O) groups excluding carboxylic acids is 1. The van der Waals surface area contributed by atoms with Crippen molar-refractivity contribution in [2.24, 2.45) is 0 Å². The van der Waals surface area contributed by atoms with Crippen LogP contribution in [0.4, 0.5) is 4.39 Å². The first kappa shape index (κ1) is 17.4. The van der Waals surface area contributed by atoms with Crippen LogP contribution in [0.15, 0.2) is 30.5 Å². The van der Waals surface area contributed by atoms with Crippen LogP contribution in [0.2, 0.25) is 0 Å². The maximum Gasteiger partial charge on any atom is 0.278 e. The Hall–Kier alpha value is -2.45. The van der Waals surface area contributed by atoms with Crippen LogP contribution >= 0.6 is 0 Å². The second kappa shape index (κ2) is 7.20. The first-order valence-corrected chi connectivity index (χ1v) is 8.10. The molecule has 7 nitrogen and oxygen atoms in total. The average Bonchev–Trinajstić information content (AvgIpc) is 3.03. The van der Waals surface area contributed by atoms with Gasteiger partial charge in [-0.1, -0.05) is 0 Å². The first-order chi connectivity index (χ1) is 12.0. The molecule has 134 valence electrons. The maximum absolute atomic E-state index is 13.0. The number of amides is 1. The monoisotopic (exact) mass is 348 g/mol. The standard InChI is InChI=1S/C17H21FN4O3/c1-20(13-7-9-21(25-2)10-8-13)17(24)16-15(23)11-22(19-16)14-5-3-12(18)4-6-14/h3-6,11,13,23H,7-10H2,1-2H3. The molecular formula is C17H21FN4O3. The van der Waals surface area contributed by atoms with Crippen molar-refractivity contribution in [2.75, 3.05) is 27.2 Å². The number of carbonyl (C=O) groups is 1. The van der Waals surface area contributed by atoms with Crippen molar-refractivity contribution in [3.05, 3.63) is 42.0 Å². The van der Waals surface area contributed by atoms with Crippen molar-refractivity contribution >= 4 is 5.91 Å². The zero-order chi connectivity index (χ0) is 18.0. The molecule has 0 bridgehead atoms. The maximum atomic E-state index is 13.0. The predicted octanol–water partition coefficient (Wildman–Crippen LogP) is 1.81. The van der Waals surface area contributed by atoms with Gasteiger partial charge in [0.05, 0.1) is 19.0 Å². The summed E-state index contributed by atoms with van der Waals surface area (Å²) in [5.74, 6) is -0.900. The molecule has 2 heterocycles. The van der Waals surface area contributed by atoms with E-state index in [1.165, 1.54) is 35.1 Å². The molecule has 1 aromatic carbocycles. The van der Waals surface area contributed by atoms with Gasteiger partial charge in [0, 0.05) is 26.2 Å². The second-order valence-electron chi connectivity index (χ2n) is 6.04. The van der Waals surface area contributed by atoms with E-state index in [9.17, 15) is 14.3 Å². The third kappa shape index (κ3) is 3.64. The minimum atomic E-state index is -0.362. The summed E-state index contributed by atoms with van der Waals surface area (Å²) in [7, 11) is 3.35. The molecule has 8 heteroatoms. The van der Waals surface area contributed by atoms with E-state index >= 15 is 0 Å². The van der Waals surface area contributed by atoms with E-state index in [1.54, 1.807) is 19.1 Å². The normalized spacial score (nSPS) is 16.1. The average molecular weight is 348 g/mol. The van der Waals surface area contributed by atoms with E-state index in [2.05, 4.69) is 5.10 Å². The Morgan fingerprint density at radius 3 is 2.56 bits per heavy atom. The number of piperidine rings is 1. The van der Waals surface area contributed by atoms with Crippen LogP contribution in [0.25, 0.3) is 5.69 Å². The van der Waals surface area contributed by atoms with Crippen molar-refractivity contribution in [3.8, 4) is 11.4 Å². The fourth-order valence-electron chi connectivity index (χ4n) is 2.99. The van der Waals surface area contributed by atoms with Gasteiger partial charge in [-0.15, -0.1) is 0 Å². The lowest BCUT2D eigenvalue weighted by molar-refractivity contribution is -0.148. The van der Waals surface area contributed by atoms with E-state index in [-0.39, 0.29) is 29.2 Å². The minimum absolute atomic E-state index is 0.0130. The number of rotatable bonds is 4. The second-order valence-corrected chi connectivity index (χ2v) is 6.04. The van der Waals surface area contributed by atoms with E-state index in [1.807, 2.05) is 5.06 Å². The molecule has 2 aromatic rings. The molecule has 0 radical (unpaired) electrons. The third-order valence-electron chi connectivity index (χ3n) is 4.54. The molecule has 3 rings (SSSR count). The molecule has 25 heavy (non-hydrogen) atoms. The molecule has 1 saturated heterocycles. The van der Waals surface area contributed by atoms with Crippen molar-refractivity contribution in [3.63, 3.8) is 0 Å². The van der Waals surface area contributed by atoms with Crippen LogP contribution < -0.4 is 0 Å². The summed E-state index contributed by atoms with van der Waals surface area (Å²) in [6.45, 7) is 1.49. The summed E-state index contributed by atoms with van der Waals surface area (Å²) >= 11 is 0. The number of hydroxylamine groups is 2. The Balaban J connectivity index is 1.75. The molecule has 0 saturated carbocycles. The van der Waals surface area contributed by atoms with Gasteiger partial charge in [0.25, 0.3) is 5.91 Å². The fourth-order valence-corrected chi connectivity index (χ4v) is 2.99. The van der Waals surface area contributed by atoms with Crippen molar-refractivity contribution in [1.82, 2.24) is 19.7 Å².